The molecule has 0 spiro atoms. The van der Waals surface area contributed by atoms with Gasteiger partial charge in [0.15, 0.2) is 0 Å². The normalized spacial score (nSPS) is 25.6. The van der Waals surface area contributed by atoms with E-state index in [9.17, 15) is 35.6 Å². The largest absolute Gasteiger partial charge is 0.458 e. The Morgan fingerprint density at radius 1 is 0.483 bits per heavy atom. The van der Waals surface area contributed by atoms with Crippen LogP contribution in [0.15, 0.2) is 206 Å². The van der Waals surface area contributed by atoms with Gasteiger partial charge in [0, 0.05) is 66.9 Å². The molecule has 0 unspecified atom stereocenters. The fourth-order valence-corrected chi connectivity index (χ4v) is 11.8. The van der Waals surface area contributed by atoms with Crippen LogP contribution in [0, 0.1) is 6.33 Å². The van der Waals surface area contributed by atoms with Gasteiger partial charge in [-0.25, -0.2) is 4.98 Å². The molecule has 3 aromatic heterocycles. The minimum atomic E-state index is -4.87. The Morgan fingerprint density at radius 2 is 1.06 bits per heavy atom. The maximum atomic E-state index is 10.6. The van der Waals surface area contributed by atoms with E-state index in [2.05, 4.69) is 33.2 Å². The third-order valence-corrected chi connectivity index (χ3v) is 16.5. The lowest BCUT2D eigenvalue weighted by molar-refractivity contribution is -0.571. The molecule has 2 aliphatic rings. The summed E-state index contributed by atoms with van der Waals surface area (Å²) in [5, 5.41) is 1.67. The number of hydrogen-bond acceptors (Lipinski definition) is 2. The van der Waals surface area contributed by atoms with Gasteiger partial charge in [-0.05, 0) is 197 Å². The first-order valence-corrected chi connectivity index (χ1v) is 28.9. The average molecular weight is 1200 g/mol. The van der Waals surface area contributed by atoms with Gasteiger partial charge in [-0.3, -0.25) is 13.7 Å². The van der Waals surface area contributed by atoms with Crippen molar-refractivity contribution in [2.75, 3.05) is 0 Å². The molecule has 9 aromatic carbocycles. The second kappa shape index (κ2) is 20.9. The van der Waals surface area contributed by atoms with Crippen molar-refractivity contribution in [3.63, 3.8) is 0 Å². The van der Waals surface area contributed by atoms with Crippen molar-refractivity contribution in [2.24, 2.45) is 0 Å². The molecule has 0 fully saturated rings. The lowest BCUT2D eigenvalue weighted by atomic mass is 9.62. The molecule has 0 atom stereocenters. The summed E-state index contributed by atoms with van der Waals surface area (Å²) in [4.78, 5) is 4.89. The Bertz CT molecular complexity index is 6240. The summed E-state index contributed by atoms with van der Waals surface area (Å²) in [7, 11) is 0. The first-order chi connectivity index (χ1) is 57.9. The number of hydrogen-bond donors (Lipinski definition) is 0. The fourth-order valence-electron chi connectivity index (χ4n) is 11.8. The molecule has 0 N–H and O–H groups in total. The number of benzene rings is 9. The number of para-hydroxylation sites is 1. The zero-order valence-electron chi connectivity index (χ0n) is 87.4. The number of fused-ring (bicyclic) bond motifs is 6. The molecule has 446 valence electrons. The maximum Gasteiger partial charge on any atom is 0.269 e. The Balaban J connectivity index is 1.15. The Morgan fingerprint density at radius 3 is 1.69 bits per heavy atom. The van der Waals surface area contributed by atoms with Gasteiger partial charge in [0.1, 0.15) is 17.3 Å². The Hall–Kier alpha value is -8.80. The first kappa shape index (κ1) is 29.2. The van der Waals surface area contributed by atoms with E-state index < -0.39 is 188 Å². The van der Waals surface area contributed by atoms with E-state index in [-0.39, 0.29) is 39.0 Å². The molecule has 0 amide bonds. The second-order valence-electron chi connectivity index (χ2n) is 24.9. The third kappa shape index (κ3) is 10.3. The minimum absolute atomic E-state index is 0.0347. The van der Waals surface area contributed by atoms with Crippen molar-refractivity contribution in [2.45, 2.75) is 154 Å². The van der Waals surface area contributed by atoms with Gasteiger partial charge in [0.25, 0.3) is 6.33 Å². The summed E-state index contributed by atoms with van der Waals surface area (Å²) in [5.74, 6) is 0.965. The molecule has 0 aliphatic heterocycles. The average Bonchev–Trinajstić information content (AvgIpc) is 0.714. The molecule has 0 saturated heterocycles. The summed E-state index contributed by atoms with van der Waals surface area (Å²) in [6, 6.07) is 35.8. The van der Waals surface area contributed by atoms with Crippen molar-refractivity contribution in [1.29, 1.82) is 0 Å². The highest BCUT2D eigenvalue weighted by Crippen LogP contribution is 2.50. The van der Waals surface area contributed by atoms with Gasteiger partial charge < -0.3 is 4.74 Å². The number of aromatic nitrogens is 4. The molecule has 3 heterocycles. The zero-order chi connectivity index (χ0) is 94.6. The van der Waals surface area contributed by atoms with Crippen LogP contribution in [-0.4, -0.2) is 14.1 Å². The zero-order valence-corrected chi connectivity index (χ0v) is 49.4. The van der Waals surface area contributed by atoms with Crippen molar-refractivity contribution in [3.05, 3.63) is 246 Å². The van der Waals surface area contributed by atoms with Gasteiger partial charge in [-0.1, -0.05) is 230 Å². The molecule has 0 saturated carbocycles. The quantitative estimate of drug-likeness (QED) is 0.107. The molecule has 2 aliphatic carbocycles. The van der Waals surface area contributed by atoms with Crippen LogP contribution >= 0.6 is 0 Å². The molecule has 0 radical (unpaired) electrons. The Kier molecular flexibility index (Phi) is 6.87. The van der Waals surface area contributed by atoms with E-state index in [1.54, 1.807) is 42.6 Å². The number of ether oxygens (including phenoxy) is 1. The van der Waals surface area contributed by atoms with E-state index >= 15 is 0 Å². The highest BCUT2D eigenvalue weighted by atomic mass is 16.5. The van der Waals surface area contributed by atoms with E-state index in [4.69, 9.17) is 26.2 Å². The second-order valence-corrected chi connectivity index (χ2v) is 24.9. The molecule has 5 heteroatoms. The van der Waals surface area contributed by atoms with Gasteiger partial charge in [-0.2, -0.15) is 0 Å². The molecule has 5 nitrogen and oxygen atoms in total. The van der Waals surface area contributed by atoms with E-state index in [1.807, 2.05) is 116 Å². The summed E-state index contributed by atoms with van der Waals surface area (Å²) in [6.45, 7) is -24.4. The van der Waals surface area contributed by atoms with Crippen LogP contribution in [0.1, 0.15) is 207 Å². The summed E-state index contributed by atoms with van der Waals surface area (Å²) < 4.78 is 369. The van der Waals surface area contributed by atoms with Crippen molar-refractivity contribution >= 4 is 32.8 Å². The highest BCUT2D eigenvalue weighted by molar-refractivity contribution is 6.10. The highest BCUT2D eigenvalue weighted by Gasteiger charge is 2.39. The van der Waals surface area contributed by atoms with Gasteiger partial charge in [-0.15, -0.1) is 0 Å². The van der Waals surface area contributed by atoms with Crippen LogP contribution in [0.3, 0.4) is 0 Å². The van der Waals surface area contributed by atoms with Crippen molar-refractivity contribution < 1.29 is 61.4 Å². The van der Waals surface area contributed by atoms with Crippen LogP contribution in [0.4, 0.5) is 0 Å². The van der Waals surface area contributed by atoms with Crippen LogP contribution in [0.2, 0.25) is 0 Å². The SMILES string of the molecule is [2H]c1c([2H])c2c(c([2H])c1-c1cccc(-c3c([2H])c([2H])c4c(c3[2H])C(C([2H])([2H])[2H])(C([2H])([2H])[2H])C([2H])([2H])C([2H])([2H])C4(C([2H])([2H])[2H])C([2H])([2H])[2H])c1-[n+]1[c-]n(-c3cccc(Oc4ccc5c6cc(-c7ccccc7)ccc6n(-c6cc(C(C)(C)C)ccn6)c5c4)c3)c3cc(-c4ccc(C(C)(C)C)cc4)ccc31)C(C([2H])([2H])[2H])(C([2H])([2H])[2H])C([2H])([2H])C([2H])([2H])C2(C([2H])([2H])[2H])C([2H])([2H])[2H]. The number of pyridine rings is 1. The molecule has 14 rings (SSSR count). The molecule has 12 aromatic rings. The summed E-state index contributed by atoms with van der Waals surface area (Å²) in [6.07, 6.45) is -14.4. The maximum absolute atomic E-state index is 10.6. The molecule has 89 heavy (non-hydrogen) atoms. The smallest absolute Gasteiger partial charge is 0.269 e. The van der Waals surface area contributed by atoms with Crippen molar-refractivity contribution in [3.8, 4) is 73.2 Å². The van der Waals surface area contributed by atoms with E-state index in [0.29, 0.717) is 22.5 Å². The van der Waals surface area contributed by atoms with Gasteiger partial charge >= 0.3 is 0 Å². The molecular weight excluding hydrogens is 1080 g/mol. The minimum Gasteiger partial charge on any atom is -0.458 e. The summed E-state index contributed by atoms with van der Waals surface area (Å²) >= 11 is 0. The third-order valence-electron chi connectivity index (χ3n) is 16.5. The lowest BCUT2D eigenvalue weighted by Crippen LogP contribution is -2.34. The predicted molar refractivity (Wildman–Crippen MR) is 372 cm³/mol. The Labute approximate surface area is 581 Å². The molecular formula is C84H84N4O. The predicted octanol–water partition coefficient (Wildman–Crippen LogP) is 22.0. The van der Waals surface area contributed by atoms with Crippen LogP contribution < -0.4 is 9.30 Å². The first-order valence-electron chi connectivity index (χ1n) is 47.9. The number of nitrogens with zero attached hydrogens (tertiary/aromatic N) is 4. The summed E-state index contributed by atoms with van der Waals surface area (Å²) in [5.41, 5.74) is -26.3. The van der Waals surface area contributed by atoms with E-state index in [1.165, 1.54) is 16.7 Å². The number of imidazole rings is 1. The standard InChI is InChI=1S/C84H84N4O/c1-79(2,3)60-32-26-55(27-33-60)57-31-39-74-76(49-57)86(53-87(74)78-65(58-28-36-69-71(47-58)83(11,12)43-41-81(69,7)8)24-19-25-66(78)59-29-37-70-72(48-59)84(13,14)44-42-82(70,9)10)62-22-18-23-63(51-62)89-64-34-35-67-68-46-56(54-20-16-15-17-21-54)30-38-73(68)88(75(67)52-64)77-50-61(40-45-85-77)80(4,5)6/h15-40,45-52H,41-44H2,1-14H3/i7D3,8D3,9D3,10D3,11D3,12D3,13D3,14D3,28D,29D,36D,37D,41D2,42D2,43D2,44D2,47D,48D. The fraction of sp³-hybridized carbons (Fsp3) is 0.286. The van der Waals surface area contributed by atoms with Crippen LogP contribution in [-0.2, 0) is 32.5 Å². The van der Waals surface area contributed by atoms with E-state index in [0.717, 1.165) is 61.3 Å². The van der Waals surface area contributed by atoms with Crippen LogP contribution in [0.25, 0.3) is 94.5 Å². The number of rotatable bonds is 9. The molecule has 0 bridgehead atoms. The van der Waals surface area contributed by atoms with Gasteiger partial charge in [0.05, 0.1) is 41.7 Å². The van der Waals surface area contributed by atoms with Gasteiger partial charge in [0.2, 0.25) is 0 Å². The topological polar surface area (TPSA) is 35.9 Å². The van der Waals surface area contributed by atoms with Crippen LogP contribution in [0.5, 0.6) is 11.5 Å². The monoisotopic (exact) mass is 1200 g/mol. The lowest BCUT2D eigenvalue weighted by Gasteiger charge is -2.42. The van der Waals surface area contributed by atoms with Crippen molar-refractivity contribution in [1.82, 2.24) is 14.1 Å².